The number of sulfonamides is 1. The van der Waals surface area contributed by atoms with Gasteiger partial charge in [0.05, 0.1) is 11.6 Å². The normalized spacial score (nSPS) is 13.8. The molecule has 1 N–H and O–H groups in total. The number of carbonyl (C=O) groups excluding carboxylic acids is 1. The molecule has 1 fully saturated rings. The molecule has 0 heterocycles. The number of halogens is 1. The second-order valence-corrected chi connectivity index (χ2v) is 8.19. The van der Waals surface area contributed by atoms with Gasteiger partial charge in [0.2, 0.25) is 10.0 Å². The van der Waals surface area contributed by atoms with Gasteiger partial charge in [-0.3, -0.25) is 4.79 Å². The molecule has 0 bridgehead atoms. The molecular formula is C19H18FN3O3S. The highest BCUT2D eigenvalue weighted by Crippen LogP contribution is 2.24. The zero-order valence-electron chi connectivity index (χ0n) is 14.6. The Balaban J connectivity index is 1.79. The van der Waals surface area contributed by atoms with Crippen LogP contribution in [-0.4, -0.2) is 32.3 Å². The van der Waals surface area contributed by atoms with Crippen molar-refractivity contribution in [2.24, 2.45) is 0 Å². The highest BCUT2D eigenvalue weighted by Gasteiger charge is 2.30. The fraction of sp³-hybridized carbons (Fsp3) is 0.263. The number of amides is 1. The minimum Gasteiger partial charge on any atom is -0.337 e. The Morgan fingerprint density at radius 3 is 2.52 bits per heavy atom. The monoisotopic (exact) mass is 387 g/mol. The van der Waals surface area contributed by atoms with Gasteiger partial charge < -0.3 is 4.90 Å². The summed E-state index contributed by atoms with van der Waals surface area (Å²) < 4.78 is 41.1. The van der Waals surface area contributed by atoms with E-state index < -0.39 is 26.6 Å². The highest BCUT2D eigenvalue weighted by molar-refractivity contribution is 7.89. The summed E-state index contributed by atoms with van der Waals surface area (Å²) in [7, 11) is -2.43. The molecule has 0 saturated heterocycles. The molecule has 140 valence electrons. The van der Waals surface area contributed by atoms with Crippen LogP contribution < -0.4 is 4.72 Å². The SMILES string of the molecule is CN(Cc1ccc(C#N)cc1)C(=O)c1ccc(F)c(S(=O)(=O)NC2CC2)c1. The topological polar surface area (TPSA) is 90.3 Å². The molecule has 0 atom stereocenters. The van der Waals surface area contributed by atoms with E-state index in [-0.39, 0.29) is 18.2 Å². The summed E-state index contributed by atoms with van der Waals surface area (Å²) in [6, 6.07) is 12.0. The van der Waals surface area contributed by atoms with Crippen LogP contribution in [-0.2, 0) is 16.6 Å². The average Bonchev–Trinajstić information content (AvgIpc) is 3.45. The molecule has 2 aromatic carbocycles. The summed E-state index contributed by atoms with van der Waals surface area (Å²) in [6.45, 7) is 0.268. The summed E-state index contributed by atoms with van der Waals surface area (Å²) >= 11 is 0. The van der Waals surface area contributed by atoms with E-state index in [0.717, 1.165) is 30.5 Å². The van der Waals surface area contributed by atoms with Gasteiger partial charge in [0.1, 0.15) is 10.7 Å². The van der Waals surface area contributed by atoms with Gasteiger partial charge >= 0.3 is 0 Å². The summed E-state index contributed by atoms with van der Waals surface area (Å²) in [6.07, 6.45) is 1.46. The molecular weight excluding hydrogens is 369 g/mol. The van der Waals surface area contributed by atoms with Crippen molar-refractivity contribution in [3.63, 3.8) is 0 Å². The molecule has 27 heavy (non-hydrogen) atoms. The Kier molecular flexibility index (Phi) is 5.26. The molecule has 0 unspecified atom stereocenters. The molecule has 1 saturated carbocycles. The van der Waals surface area contributed by atoms with E-state index in [1.807, 2.05) is 6.07 Å². The number of nitrogens with one attached hydrogen (secondary N) is 1. The van der Waals surface area contributed by atoms with Crippen molar-refractivity contribution < 1.29 is 17.6 Å². The maximum absolute atomic E-state index is 14.0. The fourth-order valence-electron chi connectivity index (χ4n) is 2.58. The Labute approximate surface area is 157 Å². The van der Waals surface area contributed by atoms with E-state index in [1.54, 1.807) is 31.3 Å². The van der Waals surface area contributed by atoms with Crippen LogP contribution in [0.25, 0.3) is 0 Å². The molecule has 1 amide bonds. The van der Waals surface area contributed by atoms with Crippen molar-refractivity contribution in [3.05, 3.63) is 65.0 Å². The summed E-state index contributed by atoms with van der Waals surface area (Å²) in [5, 5.41) is 8.82. The van der Waals surface area contributed by atoms with Crippen molar-refractivity contribution in [2.45, 2.75) is 30.3 Å². The van der Waals surface area contributed by atoms with Crippen LogP contribution in [0.1, 0.15) is 34.3 Å². The molecule has 3 rings (SSSR count). The maximum atomic E-state index is 14.0. The van der Waals surface area contributed by atoms with Gasteiger partial charge in [-0.15, -0.1) is 0 Å². The van der Waals surface area contributed by atoms with Crippen molar-refractivity contribution in [1.82, 2.24) is 9.62 Å². The minimum absolute atomic E-state index is 0.0868. The van der Waals surface area contributed by atoms with Crippen LogP contribution in [0, 0.1) is 17.1 Å². The first-order valence-electron chi connectivity index (χ1n) is 8.36. The van der Waals surface area contributed by atoms with Crippen LogP contribution in [0.5, 0.6) is 0 Å². The first-order chi connectivity index (χ1) is 12.8. The molecule has 1 aliphatic carbocycles. The van der Waals surface area contributed by atoms with Crippen LogP contribution in [0.15, 0.2) is 47.4 Å². The van der Waals surface area contributed by atoms with Gasteiger partial charge in [0.15, 0.2) is 0 Å². The van der Waals surface area contributed by atoms with Gasteiger partial charge in [0, 0.05) is 25.2 Å². The van der Waals surface area contributed by atoms with Gasteiger partial charge in [0.25, 0.3) is 5.91 Å². The average molecular weight is 387 g/mol. The predicted molar refractivity (Wildman–Crippen MR) is 96.7 cm³/mol. The standard InChI is InChI=1S/C19H18FN3O3S/c1-23(12-14-4-2-13(11-21)3-5-14)19(24)15-6-9-17(20)18(10-15)27(25,26)22-16-7-8-16/h2-6,9-10,16,22H,7-8,12H2,1H3. The third kappa shape index (κ3) is 4.51. The Bertz CT molecular complexity index is 1010. The Hall–Kier alpha value is -2.76. The van der Waals surface area contributed by atoms with Crippen molar-refractivity contribution >= 4 is 15.9 Å². The first kappa shape index (κ1) is 19.0. The largest absolute Gasteiger partial charge is 0.337 e. The number of rotatable bonds is 6. The van der Waals surface area contributed by atoms with Crippen molar-refractivity contribution in [3.8, 4) is 6.07 Å². The van der Waals surface area contributed by atoms with E-state index in [4.69, 9.17) is 5.26 Å². The smallest absolute Gasteiger partial charge is 0.253 e. The van der Waals surface area contributed by atoms with E-state index in [9.17, 15) is 17.6 Å². The highest BCUT2D eigenvalue weighted by atomic mass is 32.2. The maximum Gasteiger partial charge on any atom is 0.253 e. The lowest BCUT2D eigenvalue weighted by Crippen LogP contribution is -2.28. The molecule has 8 heteroatoms. The summed E-state index contributed by atoms with van der Waals surface area (Å²) in [4.78, 5) is 13.5. The van der Waals surface area contributed by atoms with E-state index in [2.05, 4.69) is 4.72 Å². The number of hydrogen-bond acceptors (Lipinski definition) is 4. The molecule has 6 nitrogen and oxygen atoms in total. The third-order valence-electron chi connectivity index (χ3n) is 4.22. The number of benzene rings is 2. The van der Waals surface area contributed by atoms with Gasteiger partial charge in [-0.2, -0.15) is 5.26 Å². The van der Waals surface area contributed by atoms with Crippen LogP contribution >= 0.6 is 0 Å². The van der Waals surface area contributed by atoms with Gasteiger partial charge in [-0.05, 0) is 48.7 Å². The lowest BCUT2D eigenvalue weighted by molar-refractivity contribution is 0.0784. The van der Waals surface area contributed by atoms with E-state index >= 15 is 0 Å². The van der Waals surface area contributed by atoms with Crippen LogP contribution in [0.3, 0.4) is 0 Å². The molecule has 0 radical (unpaired) electrons. The molecule has 2 aromatic rings. The second-order valence-electron chi connectivity index (χ2n) is 6.51. The summed E-state index contributed by atoms with van der Waals surface area (Å²) in [5.74, 6) is -1.32. The number of nitriles is 1. The minimum atomic E-state index is -4.00. The molecule has 0 aromatic heterocycles. The van der Waals surface area contributed by atoms with Gasteiger partial charge in [-0.25, -0.2) is 17.5 Å². The quantitative estimate of drug-likeness (QED) is 0.824. The second kappa shape index (κ2) is 7.47. The molecule has 0 spiro atoms. The molecule has 1 aliphatic rings. The lowest BCUT2D eigenvalue weighted by Gasteiger charge is -2.18. The van der Waals surface area contributed by atoms with Gasteiger partial charge in [-0.1, -0.05) is 12.1 Å². The Morgan fingerprint density at radius 2 is 1.93 bits per heavy atom. The van der Waals surface area contributed by atoms with Crippen LogP contribution in [0.4, 0.5) is 4.39 Å². The van der Waals surface area contributed by atoms with Crippen molar-refractivity contribution in [1.29, 1.82) is 5.26 Å². The zero-order valence-corrected chi connectivity index (χ0v) is 15.5. The lowest BCUT2D eigenvalue weighted by atomic mass is 10.1. The van der Waals surface area contributed by atoms with Crippen LogP contribution in [0.2, 0.25) is 0 Å². The molecule has 0 aliphatic heterocycles. The zero-order chi connectivity index (χ0) is 19.6. The number of nitrogens with zero attached hydrogens (tertiary/aromatic N) is 2. The predicted octanol–water partition coefficient (Wildman–Crippen LogP) is 2.41. The Morgan fingerprint density at radius 1 is 1.26 bits per heavy atom. The fourth-order valence-corrected chi connectivity index (χ4v) is 3.99. The third-order valence-corrected chi connectivity index (χ3v) is 5.75. The number of carbonyl (C=O) groups is 1. The van der Waals surface area contributed by atoms with E-state index in [0.29, 0.717) is 5.56 Å². The summed E-state index contributed by atoms with van der Waals surface area (Å²) in [5.41, 5.74) is 1.42. The first-order valence-corrected chi connectivity index (χ1v) is 9.85. The van der Waals surface area contributed by atoms with E-state index in [1.165, 1.54) is 11.0 Å². The number of hydrogen-bond donors (Lipinski definition) is 1. The van der Waals surface area contributed by atoms with Crippen molar-refractivity contribution in [2.75, 3.05) is 7.05 Å².